The molecule has 0 heterocycles. The lowest BCUT2D eigenvalue weighted by atomic mass is 10.6. The average Bonchev–Trinajstić information content (AvgIpc) is 2.08. The van der Waals surface area contributed by atoms with Crippen LogP contribution >= 0.6 is 11.6 Å². The quantitative estimate of drug-likeness (QED) is 0.495. The van der Waals surface area contributed by atoms with Gasteiger partial charge in [0, 0.05) is 32.8 Å². The number of halogens is 1. The largest absolute Gasteiger partial charge is 0.504 e. The summed E-state index contributed by atoms with van der Waals surface area (Å²) >= 11 is 5.67. The van der Waals surface area contributed by atoms with E-state index in [0.717, 1.165) is 0 Å². The molecule has 0 aromatic carbocycles. The van der Waals surface area contributed by atoms with Gasteiger partial charge in [-0.05, 0) is 0 Å². The van der Waals surface area contributed by atoms with E-state index in [1.165, 1.54) is 0 Å². The second-order valence-electron chi connectivity index (χ2n) is 2.27. The van der Waals surface area contributed by atoms with Crippen LogP contribution in [-0.2, 0) is 13.3 Å². The van der Waals surface area contributed by atoms with Crippen LogP contribution in [0.25, 0.3) is 0 Å². The van der Waals surface area contributed by atoms with Crippen molar-refractivity contribution in [3.63, 3.8) is 0 Å². The summed E-state index contributed by atoms with van der Waals surface area (Å²) in [6.07, 6.45) is 0. The Morgan fingerprint density at radius 2 is 1.55 bits per heavy atom. The van der Waals surface area contributed by atoms with Crippen LogP contribution in [0.2, 0.25) is 5.54 Å². The fourth-order valence-electron chi connectivity index (χ4n) is 0.948. The Labute approximate surface area is 74.0 Å². The SMILES string of the molecule is CO[Si](OC)(OC)C(C)CCl. The van der Waals surface area contributed by atoms with Gasteiger partial charge in [0.1, 0.15) is 0 Å². The second-order valence-corrected chi connectivity index (χ2v) is 6.00. The Morgan fingerprint density at radius 1 is 1.18 bits per heavy atom. The predicted molar refractivity (Wildman–Crippen MR) is 46.9 cm³/mol. The van der Waals surface area contributed by atoms with Gasteiger partial charge in [-0.15, -0.1) is 11.6 Å². The van der Waals surface area contributed by atoms with E-state index in [9.17, 15) is 0 Å². The Balaban J connectivity index is 4.26. The lowest BCUT2D eigenvalue weighted by Gasteiger charge is -2.28. The molecule has 0 aromatic rings. The van der Waals surface area contributed by atoms with E-state index >= 15 is 0 Å². The van der Waals surface area contributed by atoms with Crippen LogP contribution in [-0.4, -0.2) is 36.0 Å². The summed E-state index contributed by atoms with van der Waals surface area (Å²) < 4.78 is 15.6. The van der Waals surface area contributed by atoms with Crippen molar-refractivity contribution < 1.29 is 13.3 Å². The monoisotopic (exact) mass is 198 g/mol. The van der Waals surface area contributed by atoms with Crippen molar-refractivity contribution in [1.29, 1.82) is 0 Å². The zero-order valence-electron chi connectivity index (χ0n) is 7.39. The molecule has 1 atom stereocenters. The molecule has 0 aliphatic rings. The molecule has 0 aliphatic carbocycles. The molecule has 0 aromatic heterocycles. The summed E-state index contributed by atoms with van der Waals surface area (Å²) in [4.78, 5) is 0. The number of hydrogen-bond donors (Lipinski definition) is 0. The molecule has 0 saturated carbocycles. The predicted octanol–water partition coefficient (Wildman–Crippen LogP) is 1.49. The maximum atomic E-state index is 5.67. The van der Waals surface area contributed by atoms with E-state index in [-0.39, 0.29) is 5.54 Å². The van der Waals surface area contributed by atoms with Crippen LogP contribution in [0.5, 0.6) is 0 Å². The first-order valence-electron chi connectivity index (χ1n) is 3.38. The molecule has 11 heavy (non-hydrogen) atoms. The van der Waals surface area contributed by atoms with Crippen molar-refractivity contribution in [3.05, 3.63) is 0 Å². The Hall–Kier alpha value is 0.387. The molecule has 0 amide bonds. The molecule has 0 rings (SSSR count). The molecule has 0 spiro atoms. The third-order valence-electron chi connectivity index (χ3n) is 1.69. The normalized spacial score (nSPS) is 15.0. The first-order chi connectivity index (χ1) is 5.16. The Morgan fingerprint density at radius 3 is 1.64 bits per heavy atom. The van der Waals surface area contributed by atoms with E-state index in [0.29, 0.717) is 5.88 Å². The minimum atomic E-state index is -2.45. The first-order valence-corrected chi connectivity index (χ1v) is 5.72. The summed E-state index contributed by atoms with van der Waals surface area (Å²) in [7, 11) is 2.30. The Kier molecular flexibility index (Phi) is 5.29. The summed E-state index contributed by atoms with van der Waals surface area (Å²) in [5, 5.41) is 0. The molecule has 0 aliphatic heterocycles. The van der Waals surface area contributed by atoms with E-state index in [1.54, 1.807) is 21.3 Å². The molecule has 3 nitrogen and oxygen atoms in total. The van der Waals surface area contributed by atoms with Crippen LogP contribution < -0.4 is 0 Å². The highest BCUT2D eigenvalue weighted by atomic mass is 35.5. The van der Waals surface area contributed by atoms with Crippen molar-refractivity contribution in [3.8, 4) is 0 Å². The third kappa shape index (κ3) is 2.42. The van der Waals surface area contributed by atoms with Gasteiger partial charge in [-0.3, -0.25) is 0 Å². The average molecular weight is 199 g/mol. The molecule has 1 unspecified atom stereocenters. The van der Waals surface area contributed by atoms with Crippen LogP contribution in [0, 0.1) is 0 Å². The van der Waals surface area contributed by atoms with E-state index < -0.39 is 8.80 Å². The van der Waals surface area contributed by atoms with Gasteiger partial charge < -0.3 is 13.3 Å². The van der Waals surface area contributed by atoms with Crippen LogP contribution in [0.3, 0.4) is 0 Å². The van der Waals surface area contributed by atoms with Crippen LogP contribution in [0.15, 0.2) is 0 Å². The van der Waals surface area contributed by atoms with Gasteiger partial charge in [0.2, 0.25) is 0 Å². The molecule has 0 fully saturated rings. The molecule has 68 valence electrons. The number of rotatable bonds is 5. The molecule has 5 heteroatoms. The van der Waals surface area contributed by atoms with Crippen molar-refractivity contribution in [2.75, 3.05) is 27.2 Å². The van der Waals surface area contributed by atoms with Gasteiger partial charge >= 0.3 is 8.80 Å². The molecule has 0 radical (unpaired) electrons. The molecule has 0 saturated heterocycles. The molecule has 0 N–H and O–H groups in total. The minimum Gasteiger partial charge on any atom is -0.377 e. The standard InChI is InChI=1S/C6H15ClO3Si/c1-6(5-7)11(8-2,9-3)10-4/h6H,5H2,1-4H3. The zero-order chi connectivity index (χ0) is 8.91. The highest BCUT2D eigenvalue weighted by Crippen LogP contribution is 2.24. The lowest BCUT2D eigenvalue weighted by molar-refractivity contribution is 0.115. The van der Waals surface area contributed by atoms with Gasteiger partial charge in [0.05, 0.1) is 0 Å². The van der Waals surface area contributed by atoms with Crippen molar-refractivity contribution >= 4 is 20.4 Å². The van der Waals surface area contributed by atoms with Crippen LogP contribution in [0.1, 0.15) is 6.92 Å². The van der Waals surface area contributed by atoms with Crippen molar-refractivity contribution in [2.24, 2.45) is 0 Å². The summed E-state index contributed by atoms with van der Waals surface area (Å²) in [6, 6.07) is 0. The Bertz CT molecular complexity index is 99.7. The number of hydrogen-bond acceptors (Lipinski definition) is 3. The highest BCUT2D eigenvalue weighted by Gasteiger charge is 2.43. The lowest BCUT2D eigenvalue weighted by Crippen LogP contribution is -2.47. The highest BCUT2D eigenvalue weighted by molar-refractivity contribution is 6.63. The fourth-order valence-corrected chi connectivity index (χ4v) is 3.41. The maximum absolute atomic E-state index is 5.67. The number of alkyl halides is 1. The van der Waals surface area contributed by atoms with Crippen molar-refractivity contribution in [2.45, 2.75) is 12.5 Å². The molecule has 0 bridgehead atoms. The zero-order valence-corrected chi connectivity index (χ0v) is 9.14. The van der Waals surface area contributed by atoms with E-state index in [2.05, 4.69) is 0 Å². The summed E-state index contributed by atoms with van der Waals surface area (Å²) in [5.41, 5.74) is 0.129. The third-order valence-corrected chi connectivity index (χ3v) is 5.53. The summed E-state index contributed by atoms with van der Waals surface area (Å²) in [6.45, 7) is 1.95. The first kappa shape index (κ1) is 11.4. The molecular formula is C6H15ClO3Si. The molecular weight excluding hydrogens is 184 g/mol. The summed E-state index contributed by atoms with van der Waals surface area (Å²) in [5.74, 6) is 0.488. The van der Waals surface area contributed by atoms with Crippen LogP contribution in [0.4, 0.5) is 0 Å². The van der Waals surface area contributed by atoms with Crippen molar-refractivity contribution in [1.82, 2.24) is 0 Å². The van der Waals surface area contributed by atoms with Gasteiger partial charge in [0.25, 0.3) is 0 Å². The minimum absolute atomic E-state index is 0.129. The second kappa shape index (κ2) is 5.11. The fraction of sp³-hybridized carbons (Fsp3) is 1.00. The van der Waals surface area contributed by atoms with Gasteiger partial charge in [-0.25, -0.2) is 0 Å². The topological polar surface area (TPSA) is 27.7 Å². The van der Waals surface area contributed by atoms with Gasteiger partial charge in [-0.1, -0.05) is 6.92 Å². The van der Waals surface area contributed by atoms with Gasteiger partial charge in [-0.2, -0.15) is 0 Å². The van der Waals surface area contributed by atoms with E-state index in [1.807, 2.05) is 6.92 Å². The smallest absolute Gasteiger partial charge is 0.377 e. The van der Waals surface area contributed by atoms with E-state index in [4.69, 9.17) is 24.9 Å². The van der Waals surface area contributed by atoms with Gasteiger partial charge in [0.15, 0.2) is 0 Å². The maximum Gasteiger partial charge on any atom is 0.504 e.